The fourth-order valence-corrected chi connectivity index (χ4v) is 2.70. The van der Waals surface area contributed by atoms with Crippen molar-refractivity contribution in [2.45, 2.75) is 12.3 Å². The first-order chi connectivity index (χ1) is 9.22. The molecule has 0 amide bonds. The van der Waals surface area contributed by atoms with Gasteiger partial charge in [0.25, 0.3) is 0 Å². The van der Waals surface area contributed by atoms with Crippen LogP contribution in [0, 0.1) is 5.95 Å². The molecule has 3 heteroatoms. The van der Waals surface area contributed by atoms with Crippen molar-refractivity contribution in [3.8, 4) is 11.1 Å². The molecule has 1 fully saturated rings. The topological polar surface area (TPSA) is 16.1 Å². The Morgan fingerprint density at radius 1 is 1.11 bits per heavy atom. The Bertz CT molecular complexity index is 548. The Hall–Kier alpha value is -1.74. The zero-order chi connectivity index (χ0) is 13.2. The minimum Gasteiger partial charge on any atom is -0.306 e. The van der Waals surface area contributed by atoms with E-state index in [0.717, 1.165) is 17.7 Å². The van der Waals surface area contributed by atoms with Crippen LogP contribution < -0.4 is 0 Å². The summed E-state index contributed by atoms with van der Waals surface area (Å²) in [6.07, 6.45) is 2.81. The van der Waals surface area contributed by atoms with Crippen molar-refractivity contribution in [2.24, 2.45) is 0 Å². The van der Waals surface area contributed by atoms with Crippen molar-refractivity contribution in [3.05, 3.63) is 54.1 Å². The van der Waals surface area contributed by atoms with Gasteiger partial charge >= 0.3 is 0 Å². The average Bonchev–Trinajstić information content (AvgIpc) is 2.87. The molecule has 0 bridgehead atoms. The van der Waals surface area contributed by atoms with Gasteiger partial charge in [-0.05, 0) is 49.2 Å². The number of benzene rings is 1. The molecule has 0 N–H and O–H groups in total. The number of rotatable bonds is 2. The summed E-state index contributed by atoms with van der Waals surface area (Å²) < 4.78 is 12.8. The predicted molar refractivity (Wildman–Crippen MR) is 74.5 cm³/mol. The van der Waals surface area contributed by atoms with Gasteiger partial charge in [-0.25, -0.2) is 4.98 Å². The van der Waals surface area contributed by atoms with E-state index in [2.05, 4.69) is 41.2 Å². The van der Waals surface area contributed by atoms with Crippen LogP contribution in [0.15, 0.2) is 42.6 Å². The van der Waals surface area contributed by atoms with Crippen LogP contribution in [-0.4, -0.2) is 30.0 Å². The molecule has 0 aliphatic carbocycles. The fraction of sp³-hybridized carbons (Fsp3) is 0.312. The second kappa shape index (κ2) is 5.10. The van der Waals surface area contributed by atoms with Gasteiger partial charge in [0, 0.05) is 18.3 Å². The first-order valence-corrected chi connectivity index (χ1v) is 6.63. The van der Waals surface area contributed by atoms with E-state index in [4.69, 9.17) is 0 Å². The lowest BCUT2D eigenvalue weighted by Crippen LogP contribution is -2.13. The lowest BCUT2D eigenvalue weighted by molar-refractivity contribution is 0.411. The number of hydrogen-bond acceptors (Lipinski definition) is 2. The number of hydrogen-bond donors (Lipinski definition) is 0. The molecule has 1 aliphatic heterocycles. The Morgan fingerprint density at radius 3 is 2.42 bits per heavy atom. The van der Waals surface area contributed by atoms with Crippen LogP contribution in [-0.2, 0) is 0 Å². The van der Waals surface area contributed by atoms with Crippen molar-refractivity contribution in [2.75, 3.05) is 20.1 Å². The van der Waals surface area contributed by atoms with E-state index >= 15 is 0 Å². The molecule has 0 spiro atoms. The summed E-state index contributed by atoms with van der Waals surface area (Å²) in [6, 6.07) is 11.7. The third kappa shape index (κ3) is 2.66. The van der Waals surface area contributed by atoms with E-state index in [1.807, 2.05) is 0 Å². The number of aromatic nitrogens is 1. The molecule has 1 aliphatic rings. The van der Waals surface area contributed by atoms with E-state index in [-0.39, 0.29) is 0 Å². The molecule has 0 saturated carbocycles. The van der Waals surface area contributed by atoms with Crippen molar-refractivity contribution in [3.63, 3.8) is 0 Å². The van der Waals surface area contributed by atoms with Gasteiger partial charge in [0.2, 0.25) is 5.95 Å². The minimum atomic E-state index is -0.436. The quantitative estimate of drug-likeness (QED) is 0.766. The highest BCUT2D eigenvalue weighted by Crippen LogP contribution is 2.28. The molecule has 2 aromatic rings. The molecule has 19 heavy (non-hydrogen) atoms. The molecule has 1 saturated heterocycles. The number of nitrogens with zero attached hydrogens (tertiary/aromatic N) is 2. The maximum absolute atomic E-state index is 12.8. The summed E-state index contributed by atoms with van der Waals surface area (Å²) in [4.78, 5) is 6.06. The minimum absolute atomic E-state index is 0.436. The zero-order valence-electron chi connectivity index (χ0n) is 11.0. The summed E-state index contributed by atoms with van der Waals surface area (Å²) in [5.41, 5.74) is 3.43. The van der Waals surface area contributed by atoms with E-state index in [9.17, 15) is 4.39 Å². The number of likely N-dealkylation sites (N-methyl/N-ethyl adjacent to an activating group) is 1. The molecular weight excluding hydrogens is 239 g/mol. The van der Waals surface area contributed by atoms with Gasteiger partial charge in [-0.15, -0.1) is 0 Å². The van der Waals surface area contributed by atoms with E-state index in [0.29, 0.717) is 5.92 Å². The van der Waals surface area contributed by atoms with Gasteiger partial charge in [0.15, 0.2) is 0 Å². The lowest BCUT2D eigenvalue weighted by atomic mass is 9.96. The summed E-state index contributed by atoms with van der Waals surface area (Å²) in [5.74, 6) is 0.208. The van der Waals surface area contributed by atoms with Crippen LogP contribution in [0.1, 0.15) is 17.9 Å². The molecule has 1 aromatic carbocycles. The van der Waals surface area contributed by atoms with Crippen molar-refractivity contribution >= 4 is 0 Å². The van der Waals surface area contributed by atoms with Crippen LogP contribution in [0.5, 0.6) is 0 Å². The molecule has 0 radical (unpaired) electrons. The monoisotopic (exact) mass is 256 g/mol. The first kappa shape index (κ1) is 12.3. The predicted octanol–water partition coefficient (Wildman–Crippen LogP) is 3.31. The highest BCUT2D eigenvalue weighted by atomic mass is 19.1. The second-order valence-electron chi connectivity index (χ2n) is 5.24. The van der Waals surface area contributed by atoms with E-state index < -0.39 is 5.95 Å². The Morgan fingerprint density at radius 2 is 1.84 bits per heavy atom. The van der Waals surface area contributed by atoms with Gasteiger partial charge in [0.05, 0.1) is 0 Å². The van der Waals surface area contributed by atoms with Crippen LogP contribution in [0.2, 0.25) is 0 Å². The SMILES string of the molecule is CN1CCC(c2ccc(-c3ccc(F)nc3)cc2)C1. The largest absolute Gasteiger partial charge is 0.306 e. The standard InChI is InChI=1S/C16H17FN2/c1-19-9-8-15(11-19)13-4-2-12(3-5-13)14-6-7-16(17)18-10-14/h2-7,10,15H,8-9,11H2,1H3. The molecule has 1 aromatic heterocycles. The molecular formula is C16H17FN2. The van der Waals surface area contributed by atoms with Gasteiger partial charge < -0.3 is 4.90 Å². The van der Waals surface area contributed by atoms with Gasteiger partial charge in [-0.2, -0.15) is 4.39 Å². The van der Waals surface area contributed by atoms with Crippen LogP contribution >= 0.6 is 0 Å². The molecule has 2 heterocycles. The van der Waals surface area contributed by atoms with E-state index in [1.54, 1.807) is 12.3 Å². The third-order valence-electron chi connectivity index (χ3n) is 3.83. The van der Waals surface area contributed by atoms with Crippen LogP contribution in [0.25, 0.3) is 11.1 Å². The summed E-state index contributed by atoms with van der Waals surface area (Å²) in [6.45, 7) is 2.31. The average molecular weight is 256 g/mol. The zero-order valence-corrected chi connectivity index (χ0v) is 11.0. The highest BCUT2D eigenvalue weighted by molar-refractivity contribution is 5.62. The smallest absolute Gasteiger partial charge is 0.212 e. The van der Waals surface area contributed by atoms with Gasteiger partial charge in [-0.3, -0.25) is 0 Å². The molecule has 1 atom stereocenters. The van der Waals surface area contributed by atoms with Crippen molar-refractivity contribution < 1.29 is 4.39 Å². The third-order valence-corrected chi connectivity index (χ3v) is 3.83. The highest BCUT2D eigenvalue weighted by Gasteiger charge is 2.20. The van der Waals surface area contributed by atoms with Crippen molar-refractivity contribution in [1.29, 1.82) is 0 Å². The number of likely N-dealkylation sites (tertiary alicyclic amines) is 1. The molecule has 3 rings (SSSR count). The first-order valence-electron chi connectivity index (χ1n) is 6.63. The summed E-state index contributed by atoms with van der Waals surface area (Å²) in [5, 5.41) is 0. The normalized spacial score (nSPS) is 19.8. The van der Waals surface area contributed by atoms with Crippen LogP contribution in [0.3, 0.4) is 0 Å². The Labute approximate surface area is 112 Å². The maximum Gasteiger partial charge on any atom is 0.212 e. The second-order valence-corrected chi connectivity index (χ2v) is 5.24. The Kier molecular flexibility index (Phi) is 3.30. The van der Waals surface area contributed by atoms with Crippen molar-refractivity contribution in [1.82, 2.24) is 9.88 Å². The van der Waals surface area contributed by atoms with Crippen LogP contribution in [0.4, 0.5) is 4.39 Å². The van der Waals surface area contributed by atoms with Gasteiger partial charge in [0.1, 0.15) is 0 Å². The lowest BCUT2D eigenvalue weighted by Gasteiger charge is -2.11. The Balaban J connectivity index is 1.80. The van der Waals surface area contributed by atoms with E-state index in [1.165, 1.54) is 24.6 Å². The summed E-state index contributed by atoms with van der Waals surface area (Å²) in [7, 11) is 2.17. The summed E-state index contributed by atoms with van der Waals surface area (Å²) >= 11 is 0. The fourth-order valence-electron chi connectivity index (χ4n) is 2.70. The molecule has 2 nitrogen and oxygen atoms in total. The molecule has 98 valence electrons. The number of pyridine rings is 1. The van der Waals surface area contributed by atoms with Gasteiger partial charge in [-0.1, -0.05) is 24.3 Å². The maximum atomic E-state index is 12.8. The molecule has 1 unspecified atom stereocenters. The number of halogens is 1.